The topological polar surface area (TPSA) is 0 Å². The van der Waals surface area contributed by atoms with Crippen LogP contribution in [0.25, 0.3) is 0 Å². The van der Waals surface area contributed by atoms with Gasteiger partial charge in [0, 0.05) is 0 Å². The third-order valence-electron chi connectivity index (χ3n) is 3.29. The van der Waals surface area contributed by atoms with Crippen molar-refractivity contribution in [3.8, 4) is 0 Å². The largest absolute Gasteiger partial charge is 0.0654 e. The van der Waals surface area contributed by atoms with Crippen molar-refractivity contribution in [2.45, 2.75) is 72.6 Å². The van der Waals surface area contributed by atoms with Crippen molar-refractivity contribution in [3.05, 3.63) is 0 Å². The van der Waals surface area contributed by atoms with Crippen LogP contribution in [-0.2, 0) is 0 Å². The minimum atomic E-state index is 0.941. The molecule has 0 heterocycles. The van der Waals surface area contributed by atoms with Gasteiger partial charge in [0.15, 0.2) is 0 Å². The van der Waals surface area contributed by atoms with Crippen molar-refractivity contribution in [1.29, 1.82) is 0 Å². The Morgan fingerprint density at radius 3 is 2.00 bits per heavy atom. The second-order valence-corrected chi connectivity index (χ2v) is 4.43. The number of hydrogen-bond donors (Lipinski definition) is 0. The minimum absolute atomic E-state index is 0.941. The first kappa shape index (κ1) is 13.0. The van der Waals surface area contributed by atoms with E-state index in [2.05, 4.69) is 27.7 Å². The first-order chi connectivity index (χ1) is 6.26. The molecule has 0 aliphatic heterocycles. The zero-order valence-corrected chi connectivity index (χ0v) is 10.1. The molecule has 0 aliphatic carbocycles. The third-order valence-corrected chi connectivity index (χ3v) is 3.29. The quantitative estimate of drug-likeness (QED) is 0.464. The highest BCUT2D eigenvalue weighted by molar-refractivity contribution is 4.65. The van der Waals surface area contributed by atoms with E-state index >= 15 is 0 Å². The summed E-state index contributed by atoms with van der Waals surface area (Å²) in [5.41, 5.74) is 0. The molecule has 0 nitrogen and oxygen atoms in total. The molecular weight excluding hydrogens is 156 g/mol. The van der Waals surface area contributed by atoms with Gasteiger partial charge in [-0.05, 0) is 11.8 Å². The van der Waals surface area contributed by atoms with Crippen molar-refractivity contribution >= 4 is 0 Å². The Kier molecular flexibility index (Phi) is 8.59. The minimum Gasteiger partial charge on any atom is -0.0654 e. The molecule has 13 heavy (non-hydrogen) atoms. The third kappa shape index (κ3) is 6.12. The highest BCUT2D eigenvalue weighted by Gasteiger charge is 2.13. The molecule has 0 amide bonds. The maximum atomic E-state index is 2.42. The summed E-state index contributed by atoms with van der Waals surface area (Å²) in [5.74, 6) is 1.94. The molecule has 0 spiro atoms. The summed E-state index contributed by atoms with van der Waals surface area (Å²) in [6.07, 6.45) is 9.87. The Labute approximate surface area is 85.1 Å². The van der Waals surface area contributed by atoms with E-state index in [-0.39, 0.29) is 0 Å². The van der Waals surface area contributed by atoms with Gasteiger partial charge in [0.25, 0.3) is 0 Å². The van der Waals surface area contributed by atoms with Crippen LogP contribution in [0.2, 0.25) is 0 Å². The van der Waals surface area contributed by atoms with E-state index < -0.39 is 0 Å². The molecule has 0 aromatic rings. The summed E-state index contributed by atoms with van der Waals surface area (Å²) in [6, 6.07) is 0. The summed E-state index contributed by atoms with van der Waals surface area (Å²) in [5, 5.41) is 0. The van der Waals surface area contributed by atoms with E-state index in [1.54, 1.807) is 0 Å². The fraction of sp³-hybridized carbons (Fsp3) is 1.00. The molecule has 0 bridgehead atoms. The van der Waals surface area contributed by atoms with E-state index in [1.165, 1.54) is 44.9 Å². The van der Waals surface area contributed by atoms with Crippen molar-refractivity contribution in [2.75, 3.05) is 0 Å². The molecule has 0 saturated heterocycles. The van der Waals surface area contributed by atoms with Gasteiger partial charge in [-0.3, -0.25) is 0 Å². The zero-order valence-electron chi connectivity index (χ0n) is 10.1. The van der Waals surface area contributed by atoms with Crippen LogP contribution in [0.1, 0.15) is 72.6 Å². The highest BCUT2D eigenvalue weighted by atomic mass is 14.2. The first-order valence-corrected chi connectivity index (χ1v) is 6.26. The van der Waals surface area contributed by atoms with Crippen LogP contribution in [0, 0.1) is 11.8 Å². The van der Waals surface area contributed by atoms with Crippen LogP contribution in [0.15, 0.2) is 0 Å². The van der Waals surface area contributed by atoms with Crippen molar-refractivity contribution < 1.29 is 0 Å². The fourth-order valence-electron chi connectivity index (χ4n) is 2.07. The first-order valence-electron chi connectivity index (χ1n) is 6.26. The molecule has 0 fully saturated rings. The van der Waals surface area contributed by atoms with Gasteiger partial charge >= 0.3 is 0 Å². The molecule has 0 aliphatic rings. The number of rotatable bonds is 8. The van der Waals surface area contributed by atoms with E-state index in [0.29, 0.717) is 0 Å². The maximum absolute atomic E-state index is 2.42. The molecule has 2 unspecified atom stereocenters. The van der Waals surface area contributed by atoms with Gasteiger partial charge in [-0.25, -0.2) is 0 Å². The smallest absolute Gasteiger partial charge is 0.0389 e. The van der Waals surface area contributed by atoms with Crippen LogP contribution in [0.5, 0.6) is 0 Å². The van der Waals surface area contributed by atoms with Gasteiger partial charge in [0.05, 0.1) is 0 Å². The van der Waals surface area contributed by atoms with Gasteiger partial charge < -0.3 is 0 Å². The lowest BCUT2D eigenvalue weighted by Crippen LogP contribution is -2.10. The molecule has 0 aromatic heterocycles. The summed E-state index contributed by atoms with van der Waals surface area (Å²) in [7, 11) is 0. The fourth-order valence-corrected chi connectivity index (χ4v) is 2.07. The van der Waals surface area contributed by atoms with Crippen LogP contribution in [0.4, 0.5) is 0 Å². The maximum Gasteiger partial charge on any atom is -0.0389 e. The van der Waals surface area contributed by atoms with E-state index in [9.17, 15) is 0 Å². The van der Waals surface area contributed by atoms with E-state index in [1.807, 2.05) is 0 Å². The van der Waals surface area contributed by atoms with Gasteiger partial charge in [-0.15, -0.1) is 0 Å². The number of hydrogen-bond acceptors (Lipinski definition) is 0. The molecule has 0 aromatic carbocycles. The van der Waals surface area contributed by atoms with Gasteiger partial charge in [-0.1, -0.05) is 72.6 Å². The second-order valence-electron chi connectivity index (χ2n) is 4.43. The second kappa shape index (κ2) is 8.59. The number of unbranched alkanes of at least 4 members (excludes halogenated alkanes) is 2. The molecule has 0 rings (SSSR count). The Balaban J connectivity index is 3.65. The van der Waals surface area contributed by atoms with Crippen LogP contribution >= 0.6 is 0 Å². The molecule has 0 saturated carbocycles. The average molecular weight is 184 g/mol. The van der Waals surface area contributed by atoms with E-state index in [4.69, 9.17) is 0 Å². The molecule has 0 heteroatoms. The Morgan fingerprint density at radius 1 is 0.846 bits per heavy atom. The zero-order chi connectivity index (χ0) is 10.1. The molecular formula is C13H28. The predicted molar refractivity (Wildman–Crippen MR) is 62.0 cm³/mol. The Morgan fingerprint density at radius 2 is 1.54 bits per heavy atom. The molecule has 80 valence electrons. The predicted octanol–water partition coefficient (Wildman–Crippen LogP) is 5.03. The summed E-state index contributed by atoms with van der Waals surface area (Å²) in [4.78, 5) is 0. The van der Waals surface area contributed by atoms with Crippen molar-refractivity contribution in [2.24, 2.45) is 11.8 Å². The lowest BCUT2D eigenvalue weighted by Gasteiger charge is -2.22. The summed E-state index contributed by atoms with van der Waals surface area (Å²) in [6.45, 7) is 9.35. The van der Waals surface area contributed by atoms with Gasteiger partial charge in [0.1, 0.15) is 0 Å². The van der Waals surface area contributed by atoms with Crippen LogP contribution in [0.3, 0.4) is 0 Å². The normalized spacial score (nSPS) is 15.7. The molecule has 0 radical (unpaired) electrons. The van der Waals surface area contributed by atoms with Gasteiger partial charge in [-0.2, -0.15) is 0 Å². The summed E-state index contributed by atoms with van der Waals surface area (Å²) >= 11 is 0. The molecule has 0 N–H and O–H groups in total. The van der Waals surface area contributed by atoms with Crippen LogP contribution in [-0.4, -0.2) is 0 Å². The summed E-state index contributed by atoms with van der Waals surface area (Å²) < 4.78 is 0. The SMILES string of the molecule is CCCCCC(CCC)C(C)CC. The highest BCUT2D eigenvalue weighted by Crippen LogP contribution is 2.25. The van der Waals surface area contributed by atoms with Crippen LogP contribution < -0.4 is 0 Å². The lowest BCUT2D eigenvalue weighted by atomic mass is 9.84. The Bertz CT molecular complexity index is 96.2. The van der Waals surface area contributed by atoms with Crippen molar-refractivity contribution in [1.82, 2.24) is 0 Å². The van der Waals surface area contributed by atoms with E-state index in [0.717, 1.165) is 11.8 Å². The van der Waals surface area contributed by atoms with Gasteiger partial charge in [0.2, 0.25) is 0 Å². The standard InChI is InChI=1S/C13H28/c1-5-8-9-11-13(10-6-2)12(4)7-3/h12-13H,5-11H2,1-4H3. The Hall–Kier alpha value is 0. The monoisotopic (exact) mass is 184 g/mol. The molecule has 2 atom stereocenters. The van der Waals surface area contributed by atoms with Crippen molar-refractivity contribution in [3.63, 3.8) is 0 Å². The lowest BCUT2D eigenvalue weighted by molar-refractivity contribution is 0.296. The average Bonchev–Trinajstić information content (AvgIpc) is 2.16.